The summed E-state index contributed by atoms with van der Waals surface area (Å²) >= 11 is 0. The topological polar surface area (TPSA) is 49.3 Å². The van der Waals surface area contributed by atoms with Gasteiger partial charge in [-0.1, -0.05) is 32.6 Å². The molecule has 0 aromatic carbocycles. The maximum absolute atomic E-state index is 11.4. The zero-order valence-electron chi connectivity index (χ0n) is 11.5. The molecule has 0 bridgehead atoms. The summed E-state index contributed by atoms with van der Waals surface area (Å²) < 4.78 is 0. The molecule has 1 aliphatic carbocycles. The highest BCUT2D eigenvalue weighted by atomic mass is 16.4. The van der Waals surface area contributed by atoms with Gasteiger partial charge in [-0.3, -0.25) is 10.1 Å². The Morgan fingerprint density at radius 2 is 2.06 bits per heavy atom. The summed E-state index contributed by atoms with van der Waals surface area (Å²) in [5.74, 6) is -0.362. The van der Waals surface area contributed by atoms with E-state index < -0.39 is 11.5 Å². The molecule has 0 saturated heterocycles. The van der Waals surface area contributed by atoms with Gasteiger partial charge in [0.05, 0.1) is 0 Å². The first-order valence-electron chi connectivity index (χ1n) is 7.01. The highest BCUT2D eigenvalue weighted by Crippen LogP contribution is 2.40. The fourth-order valence-corrected chi connectivity index (χ4v) is 2.48. The molecule has 100 valence electrons. The van der Waals surface area contributed by atoms with Crippen molar-refractivity contribution in [2.45, 2.75) is 77.3 Å². The Labute approximate surface area is 105 Å². The van der Waals surface area contributed by atoms with Crippen molar-refractivity contribution >= 4 is 5.97 Å². The van der Waals surface area contributed by atoms with Gasteiger partial charge in [0, 0.05) is 6.04 Å². The quantitative estimate of drug-likeness (QED) is 0.609. The summed E-state index contributed by atoms with van der Waals surface area (Å²) in [5.41, 5.74) is -0.704. The molecule has 3 nitrogen and oxygen atoms in total. The van der Waals surface area contributed by atoms with E-state index in [4.69, 9.17) is 0 Å². The normalized spacial score (nSPS) is 20.9. The zero-order chi connectivity index (χ0) is 12.9. The minimum absolute atomic E-state index is 0.300. The van der Waals surface area contributed by atoms with Gasteiger partial charge in [0.15, 0.2) is 0 Å². The van der Waals surface area contributed by atoms with Crippen molar-refractivity contribution in [1.82, 2.24) is 5.32 Å². The van der Waals surface area contributed by atoms with E-state index in [1.165, 1.54) is 25.7 Å². The number of nitrogens with one attached hydrogen (secondary N) is 1. The molecule has 0 aromatic heterocycles. The first-order valence-corrected chi connectivity index (χ1v) is 7.01. The molecular formula is C14H27NO2. The number of aliphatic carboxylic acids is 1. The number of carboxylic acid groups (broad SMARTS) is 1. The van der Waals surface area contributed by atoms with Crippen molar-refractivity contribution in [3.05, 3.63) is 0 Å². The summed E-state index contributed by atoms with van der Waals surface area (Å²) in [4.78, 5) is 11.4. The molecule has 0 heterocycles. The van der Waals surface area contributed by atoms with Crippen LogP contribution in [0.15, 0.2) is 0 Å². The van der Waals surface area contributed by atoms with Gasteiger partial charge in [0.2, 0.25) is 0 Å². The molecule has 0 spiro atoms. The molecule has 17 heavy (non-hydrogen) atoms. The molecule has 1 saturated carbocycles. The van der Waals surface area contributed by atoms with E-state index in [1.807, 2.05) is 6.92 Å². The number of hydrogen-bond acceptors (Lipinski definition) is 2. The molecule has 2 atom stereocenters. The molecule has 2 N–H and O–H groups in total. The van der Waals surface area contributed by atoms with Gasteiger partial charge in [-0.15, -0.1) is 0 Å². The molecular weight excluding hydrogens is 214 g/mol. The lowest BCUT2D eigenvalue weighted by molar-refractivity contribution is -0.145. The summed E-state index contributed by atoms with van der Waals surface area (Å²) in [6.45, 7) is 6.15. The Balaban J connectivity index is 2.32. The summed E-state index contributed by atoms with van der Waals surface area (Å²) in [6.07, 6.45) is 8.17. The molecule has 1 fully saturated rings. The summed E-state index contributed by atoms with van der Waals surface area (Å²) in [7, 11) is 0. The van der Waals surface area contributed by atoms with Crippen molar-refractivity contribution in [1.29, 1.82) is 0 Å². The van der Waals surface area contributed by atoms with Crippen LogP contribution in [-0.2, 0) is 4.79 Å². The van der Waals surface area contributed by atoms with Crippen molar-refractivity contribution in [2.24, 2.45) is 5.92 Å². The van der Waals surface area contributed by atoms with Gasteiger partial charge < -0.3 is 5.11 Å². The van der Waals surface area contributed by atoms with E-state index in [2.05, 4.69) is 19.2 Å². The van der Waals surface area contributed by atoms with Gasteiger partial charge in [-0.25, -0.2) is 0 Å². The Hall–Kier alpha value is -0.570. The van der Waals surface area contributed by atoms with Crippen LogP contribution in [-0.4, -0.2) is 22.7 Å². The Morgan fingerprint density at radius 1 is 1.41 bits per heavy atom. The first kappa shape index (κ1) is 14.5. The third-order valence-corrected chi connectivity index (χ3v) is 3.88. The van der Waals surface area contributed by atoms with Crippen molar-refractivity contribution < 1.29 is 9.90 Å². The second-order valence-corrected chi connectivity index (χ2v) is 5.68. The Morgan fingerprint density at radius 3 is 2.53 bits per heavy atom. The number of rotatable bonds is 9. The number of carboxylic acids is 1. The van der Waals surface area contributed by atoms with Gasteiger partial charge >= 0.3 is 5.97 Å². The van der Waals surface area contributed by atoms with Crippen LogP contribution in [0.5, 0.6) is 0 Å². The Bertz CT molecular complexity index is 251. The highest BCUT2D eigenvalue weighted by molar-refractivity contribution is 5.79. The molecule has 1 rings (SSSR count). The zero-order valence-corrected chi connectivity index (χ0v) is 11.5. The standard InChI is InChI=1S/C14H27NO2/c1-4-5-6-7-8-11(2)15-14(3,13(16)17)12-9-10-12/h11-12,15H,4-10H2,1-3H3,(H,16,17). The first-order chi connectivity index (χ1) is 8.00. The SMILES string of the molecule is CCCCCCC(C)NC(C)(C(=O)O)C1CC1. The maximum atomic E-state index is 11.4. The van der Waals surface area contributed by atoms with Crippen molar-refractivity contribution in [3.8, 4) is 0 Å². The lowest BCUT2D eigenvalue weighted by Gasteiger charge is -2.30. The van der Waals surface area contributed by atoms with Crippen LogP contribution in [0.25, 0.3) is 0 Å². The number of carbonyl (C=O) groups is 1. The molecule has 0 radical (unpaired) electrons. The van der Waals surface area contributed by atoms with Crippen LogP contribution in [0.4, 0.5) is 0 Å². The largest absolute Gasteiger partial charge is 0.480 e. The van der Waals surface area contributed by atoms with E-state index in [0.717, 1.165) is 19.3 Å². The van der Waals surface area contributed by atoms with Crippen molar-refractivity contribution in [3.63, 3.8) is 0 Å². The predicted molar refractivity (Wildman–Crippen MR) is 70.1 cm³/mol. The fraction of sp³-hybridized carbons (Fsp3) is 0.929. The Kier molecular flexibility index (Phi) is 5.44. The summed E-state index contributed by atoms with van der Waals surface area (Å²) in [6, 6.07) is 0.300. The molecule has 2 unspecified atom stereocenters. The number of unbranched alkanes of at least 4 members (excludes halogenated alkanes) is 3. The lowest BCUT2D eigenvalue weighted by Crippen LogP contribution is -2.54. The van der Waals surface area contributed by atoms with Gasteiger partial charge in [-0.2, -0.15) is 0 Å². The third-order valence-electron chi connectivity index (χ3n) is 3.88. The predicted octanol–water partition coefficient (Wildman–Crippen LogP) is 3.19. The van der Waals surface area contributed by atoms with Crippen molar-refractivity contribution in [2.75, 3.05) is 0 Å². The van der Waals surface area contributed by atoms with E-state index in [1.54, 1.807) is 0 Å². The van der Waals surface area contributed by atoms with Gasteiger partial charge in [0.1, 0.15) is 5.54 Å². The van der Waals surface area contributed by atoms with Crippen LogP contribution >= 0.6 is 0 Å². The molecule has 0 aliphatic heterocycles. The molecule has 0 aromatic rings. The van der Waals surface area contributed by atoms with E-state index in [9.17, 15) is 9.90 Å². The summed E-state index contributed by atoms with van der Waals surface area (Å²) in [5, 5.41) is 12.7. The monoisotopic (exact) mass is 241 g/mol. The lowest BCUT2D eigenvalue weighted by atomic mass is 9.94. The average molecular weight is 241 g/mol. The average Bonchev–Trinajstić information content (AvgIpc) is 3.07. The second kappa shape index (κ2) is 6.39. The minimum Gasteiger partial charge on any atom is -0.480 e. The highest BCUT2D eigenvalue weighted by Gasteiger charge is 2.47. The van der Waals surface area contributed by atoms with Crippen LogP contribution in [0.3, 0.4) is 0 Å². The second-order valence-electron chi connectivity index (χ2n) is 5.68. The van der Waals surface area contributed by atoms with E-state index in [-0.39, 0.29) is 0 Å². The number of hydrogen-bond donors (Lipinski definition) is 2. The van der Waals surface area contributed by atoms with Crippen LogP contribution < -0.4 is 5.32 Å². The van der Waals surface area contributed by atoms with E-state index in [0.29, 0.717) is 12.0 Å². The minimum atomic E-state index is -0.704. The van der Waals surface area contributed by atoms with Crippen LogP contribution in [0, 0.1) is 5.92 Å². The van der Waals surface area contributed by atoms with Crippen LogP contribution in [0.1, 0.15) is 65.7 Å². The van der Waals surface area contributed by atoms with E-state index >= 15 is 0 Å². The fourth-order valence-electron chi connectivity index (χ4n) is 2.48. The van der Waals surface area contributed by atoms with Gasteiger partial charge in [-0.05, 0) is 39.0 Å². The molecule has 3 heteroatoms. The van der Waals surface area contributed by atoms with Gasteiger partial charge in [0.25, 0.3) is 0 Å². The van der Waals surface area contributed by atoms with Crippen LogP contribution in [0.2, 0.25) is 0 Å². The smallest absolute Gasteiger partial charge is 0.323 e. The maximum Gasteiger partial charge on any atom is 0.323 e. The third kappa shape index (κ3) is 4.30. The molecule has 1 aliphatic rings. The molecule has 0 amide bonds.